The molecule has 1 aliphatic carbocycles. The maximum Gasteiger partial charge on any atom is 0.191 e. The smallest absolute Gasteiger partial charge is 0.191 e. The highest BCUT2D eigenvalue weighted by Crippen LogP contribution is 2.48. The molecule has 1 saturated heterocycles. The van der Waals surface area contributed by atoms with Crippen LogP contribution in [0.25, 0.3) is 0 Å². The summed E-state index contributed by atoms with van der Waals surface area (Å²) in [6, 6.07) is 7.02. The fourth-order valence-electron chi connectivity index (χ4n) is 4.08. The second-order valence-electron chi connectivity index (χ2n) is 8.40. The van der Waals surface area contributed by atoms with Gasteiger partial charge in [-0.25, -0.2) is 4.39 Å². The van der Waals surface area contributed by atoms with E-state index in [2.05, 4.69) is 34.3 Å². The number of benzene rings is 1. The lowest BCUT2D eigenvalue weighted by molar-refractivity contribution is 0.136. The molecule has 0 atom stereocenters. The van der Waals surface area contributed by atoms with Gasteiger partial charge in [0.15, 0.2) is 5.96 Å². The van der Waals surface area contributed by atoms with Gasteiger partial charge in [0.1, 0.15) is 5.82 Å². The summed E-state index contributed by atoms with van der Waals surface area (Å²) in [5.41, 5.74) is 1.12. The molecule has 1 heterocycles. The Labute approximate surface area is 175 Å². The van der Waals surface area contributed by atoms with Crippen LogP contribution < -0.4 is 10.6 Å². The number of guanidine groups is 1. The minimum atomic E-state index is -0.154. The Morgan fingerprint density at radius 2 is 1.83 bits per heavy atom. The number of likely N-dealkylation sites (N-methyl/N-ethyl adjacent to an activating group) is 1. The summed E-state index contributed by atoms with van der Waals surface area (Å²) in [5, 5.41) is 6.82. The Kier molecular flexibility index (Phi) is 8.30. The van der Waals surface area contributed by atoms with Crippen molar-refractivity contribution in [1.29, 1.82) is 0 Å². The van der Waals surface area contributed by atoms with Crippen molar-refractivity contribution < 1.29 is 4.39 Å². The predicted octanol–water partition coefficient (Wildman–Crippen LogP) is 2.83. The Morgan fingerprint density at radius 3 is 2.48 bits per heavy atom. The molecule has 162 valence electrons. The van der Waals surface area contributed by atoms with Gasteiger partial charge in [-0.2, -0.15) is 0 Å². The van der Waals surface area contributed by atoms with E-state index in [9.17, 15) is 4.39 Å². The number of nitrogens with one attached hydrogen (secondary N) is 2. The first kappa shape index (κ1) is 22.0. The predicted molar refractivity (Wildman–Crippen MR) is 119 cm³/mol. The van der Waals surface area contributed by atoms with E-state index in [0.29, 0.717) is 6.54 Å². The molecule has 0 aromatic heterocycles. The molecule has 1 aromatic rings. The first-order valence-corrected chi connectivity index (χ1v) is 11.4. The van der Waals surface area contributed by atoms with Crippen molar-refractivity contribution in [2.75, 3.05) is 58.9 Å². The van der Waals surface area contributed by atoms with Gasteiger partial charge in [0.05, 0.1) is 6.54 Å². The van der Waals surface area contributed by atoms with Gasteiger partial charge in [-0.1, -0.05) is 19.1 Å². The summed E-state index contributed by atoms with van der Waals surface area (Å²) in [4.78, 5) is 9.92. The Bertz CT molecular complexity index is 650. The zero-order valence-corrected chi connectivity index (χ0v) is 18.2. The fraction of sp³-hybridized carbons (Fsp3) is 0.696. The number of halogens is 1. The van der Waals surface area contributed by atoms with Gasteiger partial charge >= 0.3 is 0 Å². The van der Waals surface area contributed by atoms with Gasteiger partial charge in [-0.3, -0.25) is 4.99 Å². The van der Waals surface area contributed by atoms with Gasteiger partial charge in [0, 0.05) is 44.7 Å². The van der Waals surface area contributed by atoms with Crippen LogP contribution in [0.4, 0.5) is 4.39 Å². The van der Waals surface area contributed by atoms with Gasteiger partial charge in [0.2, 0.25) is 0 Å². The second kappa shape index (κ2) is 10.9. The van der Waals surface area contributed by atoms with Crippen LogP contribution in [0.5, 0.6) is 0 Å². The molecule has 6 heteroatoms. The van der Waals surface area contributed by atoms with Crippen LogP contribution in [0.15, 0.2) is 29.3 Å². The Hall–Kier alpha value is -1.66. The highest BCUT2D eigenvalue weighted by molar-refractivity contribution is 5.79. The largest absolute Gasteiger partial charge is 0.357 e. The van der Waals surface area contributed by atoms with Crippen molar-refractivity contribution in [1.82, 2.24) is 20.4 Å². The minimum absolute atomic E-state index is 0.0328. The van der Waals surface area contributed by atoms with Gasteiger partial charge in [-0.05, 0) is 63.4 Å². The Morgan fingerprint density at radius 1 is 1.07 bits per heavy atom. The molecule has 1 saturated carbocycles. The van der Waals surface area contributed by atoms with Crippen LogP contribution in [0.3, 0.4) is 0 Å². The second-order valence-corrected chi connectivity index (χ2v) is 8.40. The summed E-state index contributed by atoms with van der Waals surface area (Å²) in [6.45, 7) is 14.0. The van der Waals surface area contributed by atoms with Crippen molar-refractivity contribution in [2.24, 2.45) is 4.99 Å². The molecule has 2 aliphatic rings. The van der Waals surface area contributed by atoms with Crippen LogP contribution in [-0.2, 0) is 5.41 Å². The van der Waals surface area contributed by atoms with E-state index in [4.69, 9.17) is 4.99 Å². The highest BCUT2D eigenvalue weighted by atomic mass is 19.1. The summed E-state index contributed by atoms with van der Waals surface area (Å²) in [7, 11) is 0. The van der Waals surface area contributed by atoms with E-state index >= 15 is 0 Å². The van der Waals surface area contributed by atoms with E-state index in [-0.39, 0.29) is 11.2 Å². The molecule has 5 nitrogen and oxygen atoms in total. The third-order valence-electron chi connectivity index (χ3n) is 6.28. The van der Waals surface area contributed by atoms with Crippen LogP contribution in [-0.4, -0.2) is 74.7 Å². The number of piperazine rings is 1. The molecule has 2 fully saturated rings. The van der Waals surface area contributed by atoms with Crippen LogP contribution >= 0.6 is 0 Å². The fourth-order valence-corrected chi connectivity index (χ4v) is 4.08. The quantitative estimate of drug-likeness (QED) is 0.358. The molecule has 29 heavy (non-hydrogen) atoms. The summed E-state index contributed by atoms with van der Waals surface area (Å²) in [5.74, 6) is 0.727. The zero-order valence-electron chi connectivity index (χ0n) is 18.2. The van der Waals surface area contributed by atoms with Gasteiger partial charge < -0.3 is 20.4 Å². The number of aliphatic imine (C=N–C) groups is 1. The maximum absolute atomic E-state index is 13.6. The average Bonchev–Trinajstić information content (AvgIpc) is 3.53. The number of hydrogen-bond acceptors (Lipinski definition) is 3. The van der Waals surface area contributed by atoms with Gasteiger partial charge in [-0.15, -0.1) is 0 Å². The molecule has 0 amide bonds. The molecule has 0 spiro atoms. The maximum atomic E-state index is 13.6. The normalized spacial score (nSPS) is 19.9. The monoisotopic (exact) mass is 403 g/mol. The van der Waals surface area contributed by atoms with Crippen molar-refractivity contribution in [3.63, 3.8) is 0 Å². The lowest BCUT2D eigenvalue weighted by Gasteiger charge is -2.34. The zero-order chi connectivity index (χ0) is 20.5. The van der Waals surface area contributed by atoms with Crippen molar-refractivity contribution in [3.8, 4) is 0 Å². The van der Waals surface area contributed by atoms with E-state index in [0.717, 1.165) is 43.9 Å². The topological polar surface area (TPSA) is 42.9 Å². The van der Waals surface area contributed by atoms with E-state index < -0.39 is 0 Å². The third kappa shape index (κ3) is 6.68. The Balaban J connectivity index is 1.39. The van der Waals surface area contributed by atoms with Gasteiger partial charge in [0.25, 0.3) is 0 Å². The summed E-state index contributed by atoms with van der Waals surface area (Å²) in [6.07, 6.45) is 4.54. The summed E-state index contributed by atoms with van der Waals surface area (Å²) >= 11 is 0. The standard InChI is InChI=1S/C23H38FN5/c1-3-25-22(26-12-5-6-13-29-16-14-28(4-2)15-17-29)27-19-23(10-11-23)20-8-7-9-21(24)18-20/h7-9,18H,3-6,10-17,19H2,1-2H3,(H2,25,26,27). The minimum Gasteiger partial charge on any atom is -0.357 e. The number of hydrogen-bond donors (Lipinski definition) is 2. The third-order valence-corrected chi connectivity index (χ3v) is 6.28. The van der Waals surface area contributed by atoms with E-state index in [1.165, 1.54) is 51.8 Å². The average molecular weight is 404 g/mol. The molecule has 1 aliphatic heterocycles. The molecule has 3 rings (SSSR count). The van der Waals surface area contributed by atoms with E-state index in [1.54, 1.807) is 12.1 Å². The molecular weight excluding hydrogens is 365 g/mol. The lowest BCUT2D eigenvalue weighted by Crippen LogP contribution is -2.46. The molecular formula is C23H38FN5. The molecule has 0 radical (unpaired) electrons. The summed E-state index contributed by atoms with van der Waals surface area (Å²) < 4.78 is 13.6. The molecule has 0 bridgehead atoms. The van der Waals surface area contributed by atoms with Crippen LogP contribution in [0.1, 0.15) is 45.1 Å². The highest BCUT2D eigenvalue weighted by Gasteiger charge is 2.44. The first-order valence-electron chi connectivity index (χ1n) is 11.4. The SMILES string of the molecule is CCNC(=NCC1(c2cccc(F)c2)CC1)NCCCCN1CCN(CC)CC1. The van der Waals surface area contributed by atoms with Crippen molar-refractivity contribution in [2.45, 2.75) is 44.9 Å². The number of rotatable bonds is 10. The molecule has 1 aromatic carbocycles. The van der Waals surface area contributed by atoms with Crippen LogP contribution in [0.2, 0.25) is 0 Å². The van der Waals surface area contributed by atoms with Crippen LogP contribution in [0, 0.1) is 5.82 Å². The molecule has 0 unspecified atom stereocenters. The number of unbranched alkanes of at least 4 members (excludes halogenated alkanes) is 1. The number of nitrogens with zero attached hydrogens (tertiary/aromatic N) is 3. The van der Waals surface area contributed by atoms with Crippen molar-refractivity contribution >= 4 is 5.96 Å². The lowest BCUT2D eigenvalue weighted by atomic mass is 9.96. The van der Waals surface area contributed by atoms with Crippen molar-refractivity contribution in [3.05, 3.63) is 35.6 Å². The van der Waals surface area contributed by atoms with E-state index in [1.807, 2.05) is 6.07 Å². The molecule has 2 N–H and O–H groups in total. The first-order chi connectivity index (χ1) is 14.1.